The number of nitrogens with one attached hydrogen (secondary N) is 1. The van der Waals surface area contributed by atoms with Crippen molar-refractivity contribution in [2.45, 2.75) is 28.7 Å². The van der Waals surface area contributed by atoms with Gasteiger partial charge in [0.05, 0.1) is 22.2 Å². The number of pyridine rings is 1. The average Bonchev–Trinajstić information content (AvgIpc) is 3.22. The van der Waals surface area contributed by atoms with E-state index in [0.29, 0.717) is 22.2 Å². The molecule has 10 heteroatoms. The Balaban J connectivity index is 1.58. The lowest BCUT2D eigenvalue weighted by Gasteiger charge is -2.15. The van der Waals surface area contributed by atoms with Gasteiger partial charge in [0.2, 0.25) is 0 Å². The SMILES string of the molecule is COCc1cccc([C@@H]2C[C@]2(NS(=O)(=O)c2ccc(-c3ccc(Cl)cn3)s2)C(=O)O)c1. The van der Waals surface area contributed by atoms with Crippen molar-refractivity contribution in [1.82, 2.24) is 9.71 Å². The second-order valence-corrected chi connectivity index (χ2v) is 10.7. The van der Waals surface area contributed by atoms with Crippen LogP contribution in [0.1, 0.15) is 23.5 Å². The minimum Gasteiger partial charge on any atom is -0.480 e. The van der Waals surface area contributed by atoms with E-state index in [9.17, 15) is 18.3 Å². The fraction of sp³-hybridized carbons (Fsp3) is 0.238. The topological polar surface area (TPSA) is 106 Å². The maximum atomic E-state index is 13.0. The summed E-state index contributed by atoms with van der Waals surface area (Å²) in [4.78, 5) is 16.9. The lowest BCUT2D eigenvalue weighted by Crippen LogP contribution is -2.44. The minimum absolute atomic E-state index is 0.0265. The van der Waals surface area contributed by atoms with Crippen molar-refractivity contribution in [2.24, 2.45) is 0 Å². The summed E-state index contributed by atoms with van der Waals surface area (Å²) in [6, 6.07) is 13.8. The van der Waals surface area contributed by atoms with E-state index in [-0.39, 0.29) is 10.6 Å². The van der Waals surface area contributed by atoms with Crippen LogP contribution in [0.25, 0.3) is 10.6 Å². The van der Waals surface area contributed by atoms with Crippen molar-refractivity contribution in [3.05, 3.63) is 70.9 Å². The molecule has 2 heterocycles. The van der Waals surface area contributed by atoms with E-state index in [4.69, 9.17) is 16.3 Å². The molecule has 1 aromatic carbocycles. The smallest absolute Gasteiger partial charge is 0.325 e. The van der Waals surface area contributed by atoms with Crippen molar-refractivity contribution in [3.63, 3.8) is 0 Å². The number of sulfonamides is 1. The molecule has 1 fully saturated rings. The number of carboxylic acids is 1. The van der Waals surface area contributed by atoms with Crippen molar-refractivity contribution in [1.29, 1.82) is 0 Å². The predicted molar refractivity (Wildman–Crippen MR) is 118 cm³/mol. The van der Waals surface area contributed by atoms with Crippen molar-refractivity contribution in [2.75, 3.05) is 7.11 Å². The van der Waals surface area contributed by atoms with Gasteiger partial charge in [-0.3, -0.25) is 9.78 Å². The van der Waals surface area contributed by atoms with Gasteiger partial charge in [-0.2, -0.15) is 4.72 Å². The number of methoxy groups -OCH3 is 1. The maximum Gasteiger partial charge on any atom is 0.325 e. The molecule has 1 saturated carbocycles. The highest BCUT2D eigenvalue weighted by molar-refractivity contribution is 7.91. The molecule has 0 unspecified atom stereocenters. The molecule has 0 spiro atoms. The van der Waals surface area contributed by atoms with E-state index in [0.717, 1.165) is 22.5 Å². The summed E-state index contributed by atoms with van der Waals surface area (Å²) in [7, 11) is -2.47. The molecule has 0 aliphatic heterocycles. The zero-order valence-corrected chi connectivity index (χ0v) is 18.8. The Morgan fingerprint density at radius 3 is 2.81 bits per heavy atom. The van der Waals surface area contributed by atoms with E-state index in [1.807, 2.05) is 18.2 Å². The van der Waals surface area contributed by atoms with Crippen LogP contribution in [-0.4, -0.2) is 37.1 Å². The first-order valence-corrected chi connectivity index (χ1v) is 12.0. The van der Waals surface area contributed by atoms with Crippen LogP contribution in [-0.2, 0) is 26.2 Å². The lowest BCUT2D eigenvalue weighted by atomic mass is 10.0. The summed E-state index contributed by atoms with van der Waals surface area (Å²) in [5.74, 6) is -1.66. The summed E-state index contributed by atoms with van der Waals surface area (Å²) in [5, 5.41) is 10.3. The van der Waals surface area contributed by atoms with Gasteiger partial charge in [-0.25, -0.2) is 8.42 Å². The van der Waals surface area contributed by atoms with Crippen LogP contribution < -0.4 is 4.72 Å². The highest BCUT2D eigenvalue weighted by Gasteiger charge is 2.63. The van der Waals surface area contributed by atoms with Crippen LogP contribution in [0.15, 0.2) is 58.9 Å². The molecule has 0 radical (unpaired) electrons. The fourth-order valence-electron chi connectivity index (χ4n) is 3.54. The monoisotopic (exact) mass is 478 g/mol. The fourth-order valence-corrected chi connectivity index (χ4v) is 6.34. The zero-order chi connectivity index (χ0) is 22.2. The van der Waals surface area contributed by atoms with Gasteiger partial charge in [0.1, 0.15) is 9.75 Å². The van der Waals surface area contributed by atoms with Crippen molar-refractivity contribution >= 4 is 38.9 Å². The van der Waals surface area contributed by atoms with Gasteiger partial charge >= 0.3 is 5.97 Å². The number of rotatable bonds is 8. The van der Waals surface area contributed by atoms with E-state index in [1.165, 1.54) is 12.3 Å². The number of hydrogen-bond acceptors (Lipinski definition) is 6. The number of aromatic nitrogens is 1. The van der Waals surface area contributed by atoms with Crippen molar-refractivity contribution in [3.8, 4) is 10.6 Å². The first-order chi connectivity index (χ1) is 14.7. The molecule has 0 saturated heterocycles. The largest absolute Gasteiger partial charge is 0.480 e. The number of carboxylic acid groups (broad SMARTS) is 1. The second kappa shape index (κ2) is 8.33. The number of aliphatic carboxylic acids is 1. The molecule has 4 rings (SSSR count). The number of benzene rings is 1. The van der Waals surface area contributed by atoms with Gasteiger partial charge in [0.15, 0.2) is 0 Å². The molecule has 0 bridgehead atoms. The summed E-state index contributed by atoms with van der Waals surface area (Å²) in [6.07, 6.45) is 1.66. The first kappa shape index (κ1) is 21.9. The molecular weight excluding hydrogens is 460 g/mol. The third kappa shape index (κ3) is 4.37. The Morgan fingerprint density at radius 2 is 2.13 bits per heavy atom. The van der Waals surface area contributed by atoms with Crippen LogP contribution in [0.2, 0.25) is 5.02 Å². The molecular formula is C21H19ClN2O5S2. The summed E-state index contributed by atoms with van der Waals surface area (Å²) in [5.41, 5.74) is 0.667. The number of hydrogen-bond donors (Lipinski definition) is 2. The number of thiophene rings is 1. The minimum atomic E-state index is -4.05. The van der Waals surface area contributed by atoms with Crippen LogP contribution in [0.3, 0.4) is 0 Å². The Hall–Kier alpha value is -2.30. The molecule has 2 aromatic heterocycles. The summed E-state index contributed by atoms with van der Waals surface area (Å²) < 4.78 is 33.6. The Kier molecular flexibility index (Phi) is 5.89. The van der Waals surface area contributed by atoms with Gasteiger partial charge < -0.3 is 9.84 Å². The first-order valence-electron chi connectivity index (χ1n) is 9.32. The predicted octanol–water partition coefficient (Wildman–Crippen LogP) is 3.90. The van der Waals surface area contributed by atoms with Gasteiger partial charge in [-0.05, 0) is 41.8 Å². The quantitative estimate of drug-likeness (QED) is 0.508. The van der Waals surface area contributed by atoms with E-state index >= 15 is 0 Å². The molecule has 1 aliphatic carbocycles. The zero-order valence-electron chi connectivity index (χ0n) is 16.4. The average molecular weight is 479 g/mol. The number of carbonyl (C=O) groups is 1. The van der Waals surface area contributed by atoms with Gasteiger partial charge in [0.25, 0.3) is 10.0 Å². The van der Waals surface area contributed by atoms with Crippen LogP contribution >= 0.6 is 22.9 Å². The molecule has 31 heavy (non-hydrogen) atoms. The van der Waals surface area contributed by atoms with E-state index in [2.05, 4.69) is 9.71 Å². The molecule has 0 amide bonds. The molecule has 2 atom stereocenters. The van der Waals surface area contributed by atoms with E-state index in [1.54, 1.807) is 31.4 Å². The highest BCUT2D eigenvalue weighted by Crippen LogP contribution is 2.52. The molecule has 7 nitrogen and oxygen atoms in total. The van der Waals surface area contributed by atoms with Gasteiger partial charge in [-0.1, -0.05) is 35.9 Å². The van der Waals surface area contributed by atoms with Crippen LogP contribution in [0.5, 0.6) is 0 Å². The highest BCUT2D eigenvalue weighted by atomic mass is 35.5. The Morgan fingerprint density at radius 1 is 1.32 bits per heavy atom. The van der Waals surface area contributed by atoms with Crippen LogP contribution in [0, 0.1) is 0 Å². The normalized spacial score (nSPS) is 20.5. The van der Waals surface area contributed by atoms with Crippen LogP contribution in [0.4, 0.5) is 0 Å². The summed E-state index contributed by atoms with van der Waals surface area (Å²) in [6.45, 7) is 0.392. The van der Waals surface area contributed by atoms with E-state index < -0.39 is 27.4 Å². The standard InChI is InChI=1S/C21H19ClN2O5S2/c1-29-12-13-3-2-4-14(9-13)16-10-21(16,20(25)26)24-31(27,28)19-8-7-18(30-19)17-6-5-15(22)11-23-17/h2-9,11,16,24H,10,12H2,1H3,(H,25,26)/t16-,21+/m0/s1. The third-order valence-corrected chi connectivity index (χ3v) is 8.48. The molecule has 1 aliphatic rings. The van der Waals surface area contributed by atoms with Gasteiger partial charge in [0, 0.05) is 19.2 Å². The second-order valence-electron chi connectivity index (χ2n) is 7.30. The number of halogens is 1. The van der Waals surface area contributed by atoms with Gasteiger partial charge in [-0.15, -0.1) is 11.3 Å². The Bertz CT molecular complexity index is 1230. The molecule has 2 N–H and O–H groups in total. The maximum absolute atomic E-state index is 13.0. The number of nitrogens with zero attached hydrogens (tertiary/aromatic N) is 1. The Labute approximate surface area is 188 Å². The van der Waals surface area contributed by atoms with Crippen molar-refractivity contribution < 1.29 is 23.1 Å². The molecule has 162 valence electrons. The summed E-state index contributed by atoms with van der Waals surface area (Å²) >= 11 is 6.87. The molecule has 3 aromatic rings. The number of ether oxygens (including phenoxy) is 1. The third-order valence-electron chi connectivity index (χ3n) is 5.15. The lowest BCUT2D eigenvalue weighted by molar-refractivity contribution is -0.140.